The van der Waals surface area contributed by atoms with Crippen molar-refractivity contribution in [2.75, 3.05) is 6.61 Å². The van der Waals surface area contributed by atoms with E-state index in [9.17, 15) is 19.7 Å². The number of nitrogens with zero attached hydrogens (tertiary/aromatic N) is 1. The van der Waals surface area contributed by atoms with Crippen molar-refractivity contribution in [2.24, 2.45) is 0 Å². The molecule has 1 atom stereocenters. The molecule has 1 aromatic carbocycles. The zero-order valence-electron chi connectivity index (χ0n) is 12.1. The lowest BCUT2D eigenvalue weighted by Crippen LogP contribution is -2.45. The number of carbonyl (C=O) groups excluding carboxylic acids is 2. The molecule has 0 saturated carbocycles. The van der Waals surface area contributed by atoms with Crippen LogP contribution in [-0.2, 0) is 9.53 Å². The lowest BCUT2D eigenvalue weighted by Gasteiger charge is -2.28. The molecular weight excluding hydrogens is 290 g/mol. The van der Waals surface area contributed by atoms with Crippen molar-refractivity contribution in [1.82, 2.24) is 10.6 Å². The second-order valence-corrected chi connectivity index (χ2v) is 4.64. The molecule has 0 bridgehead atoms. The Labute approximate surface area is 126 Å². The fourth-order valence-corrected chi connectivity index (χ4v) is 2.21. The van der Waals surface area contributed by atoms with Crippen LogP contribution in [0.4, 0.5) is 10.5 Å². The molecule has 8 heteroatoms. The summed E-state index contributed by atoms with van der Waals surface area (Å²) in [7, 11) is 0. The maximum absolute atomic E-state index is 12.1. The molecule has 0 radical (unpaired) electrons. The van der Waals surface area contributed by atoms with Gasteiger partial charge in [0.15, 0.2) is 0 Å². The number of hydrogen-bond acceptors (Lipinski definition) is 5. The van der Waals surface area contributed by atoms with Gasteiger partial charge in [0.2, 0.25) is 0 Å². The molecule has 2 rings (SSSR count). The molecule has 22 heavy (non-hydrogen) atoms. The van der Waals surface area contributed by atoms with Crippen LogP contribution in [0, 0.1) is 10.1 Å². The first-order chi connectivity index (χ1) is 10.4. The van der Waals surface area contributed by atoms with Gasteiger partial charge in [-0.05, 0) is 31.5 Å². The fourth-order valence-electron chi connectivity index (χ4n) is 2.21. The fraction of sp³-hybridized carbons (Fsp3) is 0.286. The van der Waals surface area contributed by atoms with Gasteiger partial charge in [-0.25, -0.2) is 9.59 Å². The molecule has 2 N–H and O–H groups in total. The summed E-state index contributed by atoms with van der Waals surface area (Å²) in [5, 5.41) is 15.8. The van der Waals surface area contributed by atoms with E-state index in [1.807, 2.05) is 0 Å². The van der Waals surface area contributed by atoms with Gasteiger partial charge in [-0.15, -0.1) is 0 Å². The van der Waals surface area contributed by atoms with E-state index in [0.29, 0.717) is 11.3 Å². The summed E-state index contributed by atoms with van der Waals surface area (Å²) < 4.78 is 5.00. The summed E-state index contributed by atoms with van der Waals surface area (Å²) in [5.41, 5.74) is 1.16. The molecule has 0 spiro atoms. The number of non-ortho nitro benzene ring substituents is 1. The van der Waals surface area contributed by atoms with Gasteiger partial charge in [0.05, 0.1) is 23.1 Å². The monoisotopic (exact) mass is 305 g/mol. The Morgan fingerprint density at radius 3 is 2.55 bits per heavy atom. The number of nitro groups is 1. The highest BCUT2D eigenvalue weighted by Gasteiger charge is 2.32. The number of carbonyl (C=O) groups is 2. The van der Waals surface area contributed by atoms with Gasteiger partial charge in [-0.1, -0.05) is 0 Å². The topological polar surface area (TPSA) is 111 Å². The number of urea groups is 1. The van der Waals surface area contributed by atoms with E-state index in [2.05, 4.69) is 10.6 Å². The minimum atomic E-state index is -0.714. The third-order valence-corrected chi connectivity index (χ3v) is 3.20. The molecule has 8 nitrogen and oxygen atoms in total. The SMILES string of the molecule is CCOC(=O)C1=C(C)NC(=O)NC1c1ccc([N+](=O)[O-])cc1. The van der Waals surface area contributed by atoms with Crippen molar-refractivity contribution in [3.63, 3.8) is 0 Å². The predicted octanol–water partition coefficient (Wildman–Crippen LogP) is 1.79. The maximum atomic E-state index is 12.1. The average molecular weight is 305 g/mol. The van der Waals surface area contributed by atoms with Crippen molar-refractivity contribution in [1.29, 1.82) is 0 Å². The van der Waals surface area contributed by atoms with Gasteiger partial charge in [-0.2, -0.15) is 0 Å². The zero-order valence-corrected chi connectivity index (χ0v) is 12.1. The van der Waals surface area contributed by atoms with E-state index in [1.165, 1.54) is 24.3 Å². The number of ether oxygens (including phenoxy) is 1. The van der Waals surface area contributed by atoms with Crippen molar-refractivity contribution in [2.45, 2.75) is 19.9 Å². The second-order valence-electron chi connectivity index (χ2n) is 4.64. The Hall–Kier alpha value is -2.90. The van der Waals surface area contributed by atoms with Crippen molar-refractivity contribution in [3.8, 4) is 0 Å². The Balaban J connectivity index is 2.40. The highest BCUT2D eigenvalue weighted by molar-refractivity contribution is 5.95. The van der Waals surface area contributed by atoms with Crippen molar-refractivity contribution in [3.05, 3.63) is 51.2 Å². The third kappa shape index (κ3) is 3.05. The molecular formula is C14H15N3O5. The average Bonchev–Trinajstić information content (AvgIpc) is 2.46. The van der Waals surface area contributed by atoms with Gasteiger partial charge in [0.1, 0.15) is 0 Å². The van der Waals surface area contributed by atoms with Gasteiger partial charge in [-0.3, -0.25) is 10.1 Å². The summed E-state index contributed by atoms with van der Waals surface area (Å²) in [6.07, 6.45) is 0. The molecule has 0 saturated heterocycles. The molecule has 1 unspecified atom stereocenters. The van der Waals surface area contributed by atoms with E-state index >= 15 is 0 Å². The Morgan fingerprint density at radius 2 is 2.00 bits per heavy atom. The predicted molar refractivity (Wildman–Crippen MR) is 76.8 cm³/mol. The number of hydrogen-bond donors (Lipinski definition) is 2. The minimum absolute atomic E-state index is 0.0672. The minimum Gasteiger partial charge on any atom is -0.463 e. The van der Waals surface area contributed by atoms with E-state index in [-0.39, 0.29) is 17.9 Å². The molecule has 0 aromatic heterocycles. The van der Waals surface area contributed by atoms with E-state index in [4.69, 9.17) is 4.74 Å². The van der Waals surface area contributed by atoms with Gasteiger partial charge >= 0.3 is 12.0 Å². The third-order valence-electron chi connectivity index (χ3n) is 3.20. The summed E-state index contributed by atoms with van der Waals surface area (Å²) in [4.78, 5) is 33.9. The van der Waals surface area contributed by atoms with E-state index in [1.54, 1.807) is 13.8 Å². The quantitative estimate of drug-likeness (QED) is 0.500. The highest BCUT2D eigenvalue weighted by Crippen LogP contribution is 2.28. The number of allylic oxidation sites excluding steroid dienone is 1. The van der Waals surface area contributed by atoms with Crippen LogP contribution in [0.15, 0.2) is 35.5 Å². The second kappa shape index (κ2) is 6.25. The number of rotatable bonds is 4. The van der Waals surface area contributed by atoms with Crippen LogP contribution in [-0.4, -0.2) is 23.5 Å². The summed E-state index contributed by atoms with van der Waals surface area (Å²) in [6, 6.07) is 4.48. The Morgan fingerprint density at radius 1 is 1.36 bits per heavy atom. The first-order valence-corrected chi connectivity index (χ1v) is 6.63. The molecule has 116 valence electrons. The largest absolute Gasteiger partial charge is 0.463 e. The molecule has 2 amide bonds. The highest BCUT2D eigenvalue weighted by atomic mass is 16.6. The van der Waals surface area contributed by atoms with Gasteiger partial charge in [0.25, 0.3) is 5.69 Å². The van der Waals surface area contributed by atoms with Crippen LogP contribution in [0.5, 0.6) is 0 Å². The number of amides is 2. The molecule has 0 fully saturated rings. The first-order valence-electron chi connectivity index (χ1n) is 6.63. The zero-order chi connectivity index (χ0) is 16.3. The number of nitro benzene ring substituents is 1. The van der Waals surface area contributed by atoms with Gasteiger partial charge in [0, 0.05) is 17.8 Å². The maximum Gasteiger partial charge on any atom is 0.338 e. The van der Waals surface area contributed by atoms with Crippen LogP contribution in [0.25, 0.3) is 0 Å². The number of esters is 1. The summed E-state index contributed by atoms with van der Waals surface area (Å²) in [6.45, 7) is 3.49. The lowest BCUT2D eigenvalue weighted by molar-refractivity contribution is -0.384. The Kier molecular flexibility index (Phi) is 4.40. The van der Waals surface area contributed by atoms with Crippen LogP contribution >= 0.6 is 0 Å². The van der Waals surface area contributed by atoms with Crippen LogP contribution in [0.1, 0.15) is 25.5 Å². The van der Waals surface area contributed by atoms with E-state index < -0.39 is 23.0 Å². The van der Waals surface area contributed by atoms with Crippen LogP contribution in [0.3, 0.4) is 0 Å². The number of benzene rings is 1. The molecule has 1 aliphatic heterocycles. The smallest absolute Gasteiger partial charge is 0.338 e. The summed E-state index contributed by atoms with van der Waals surface area (Å²) in [5.74, 6) is -0.546. The van der Waals surface area contributed by atoms with Gasteiger partial charge < -0.3 is 15.4 Å². The van der Waals surface area contributed by atoms with E-state index in [0.717, 1.165) is 0 Å². The number of nitrogens with one attached hydrogen (secondary N) is 2. The summed E-state index contributed by atoms with van der Waals surface area (Å²) >= 11 is 0. The molecule has 1 aromatic rings. The molecule has 1 heterocycles. The standard InChI is InChI=1S/C14H15N3O5/c1-3-22-13(18)11-8(2)15-14(19)16-12(11)9-4-6-10(7-5-9)17(20)21/h4-7,12H,3H2,1-2H3,(H2,15,16,19). The first kappa shape index (κ1) is 15.5. The normalized spacial score (nSPS) is 17.5. The van der Waals surface area contributed by atoms with Crippen LogP contribution < -0.4 is 10.6 Å². The Bertz CT molecular complexity index is 651. The van der Waals surface area contributed by atoms with Crippen LogP contribution in [0.2, 0.25) is 0 Å². The molecule has 1 aliphatic rings. The lowest BCUT2D eigenvalue weighted by atomic mass is 9.95. The molecule has 0 aliphatic carbocycles. The van der Waals surface area contributed by atoms with Crippen molar-refractivity contribution < 1.29 is 19.2 Å². The van der Waals surface area contributed by atoms with Crippen molar-refractivity contribution >= 4 is 17.7 Å².